The molecule has 0 aliphatic rings. The minimum Gasteiger partial charge on any atom is -0.389 e. The average Bonchev–Trinajstić information content (AvgIpc) is 2.41. The lowest BCUT2D eigenvalue weighted by molar-refractivity contribution is 0.0599. The van der Waals surface area contributed by atoms with Crippen LogP contribution in [0.1, 0.15) is 43.4 Å². The van der Waals surface area contributed by atoms with Crippen LogP contribution in [-0.2, 0) is 12.8 Å². The second-order valence-electron chi connectivity index (χ2n) is 6.34. The summed E-state index contributed by atoms with van der Waals surface area (Å²) in [7, 11) is 0. The van der Waals surface area contributed by atoms with E-state index in [2.05, 4.69) is 26.0 Å². The molecule has 0 heterocycles. The van der Waals surface area contributed by atoms with E-state index in [0.29, 0.717) is 24.3 Å². The normalized spacial score (nSPS) is 14.2. The van der Waals surface area contributed by atoms with Crippen molar-refractivity contribution in [3.05, 3.63) is 71.0 Å². The topological polar surface area (TPSA) is 20.2 Å². The van der Waals surface area contributed by atoms with Crippen molar-refractivity contribution in [1.29, 1.82) is 0 Å². The van der Waals surface area contributed by atoms with Crippen molar-refractivity contribution >= 4 is 0 Å². The Morgan fingerprint density at radius 3 is 2.19 bits per heavy atom. The molecule has 0 spiro atoms. The van der Waals surface area contributed by atoms with E-state index in [9.17, 15) is 9.50 Å². The summed E-state index contributed by atoms with van der Waals surface area (Å²) < 4.78 is 13.7. The summed E-state index contributed by atoms with van der Waals surface area (Å²) in [5, 5.41) is 10.6. The zero-order chi connectivity index (χ0) is 15.5. The molecule has 1 nitrogen and oxygen atoms in total. The zero-order valence-electron chi connectivity index (χ0n) is 12.9. The maximum atomic E-state index is 13.7. The van der Waals surface area contributed by atoms with Gasteiger partial charge in [0.15, 0.2) is 0 Å². The molecule has 112 valence electrons. The van der Waals surface area contributed by atoms with E-state index in [1.54, 1.807) is 25.1 Å². The lowest BCUT2D eigenvalue weighted by Gasteiger charge is -2.24. The van der Waals surface area contributed by atoms with Gasteiger partial charge in [0, 0.05) is 12.8 Å². The molecule has 0 saturated carbocycles. The van der Waals surface area contributed by atoms with Gasteiger partial charge in [0.05, 0.1) is 5.60 Å². The SMILES string of the molecule is CC(C)c1ccc(CC(C)(O)Cc2ccccc2F)cc1. The van der Waals surface area contributed by atoms with Crippen LogP contribution in [0.25, 0.3) is 0 Å². The molecule has 1 N–H and O–H groups in total. The molecule has 0 saturated heterocycles. The van der Waals surface area contributed by atoms with Crippen LogP contribution in [0.2, 0.25) is 0 Å². The molecule has 2 aromatic carbocycles. The Bertz CT molecular complexity index is 585. The predicted octanol–water partition coefficient (Wildman–Crippen LogP) is 4.49. The predicted molar refractivity (Wildman–Crippen MR) is 85.0 cm³/mol. The van der Waals surface area contributed by atoms with Crippen LogP contribution in [0, 0.1) is 5.82 Å². The van der Waals surface area contributed by atoms with Crippen LogP contribution >= 0.6 is 0 Å². The minimum atomic E-state index is -0.957. The van der Waals surface area contributed by atoms with Crippen LogP contribution in [0.3, 0.4) is 0 Å². The summed E-state index contributed by atoms with van der Waals surface area (Å²) in [6, 6.07) is 14.9. The Balaban J connectivity index is 2.08. The molecule has 0 bridgehead atoms. The van der Waals surface area contributed by atoms with Gasteiger partial charge in [0.1, 0.15) is 5.82 Å². The van der Waals surface area contributed by atoms with E-state index >= 15 is 0 Å². The van der Waals surface area contributed by atoms with Gasteiger partial charge in [-0.05, 0) is 35.6 Å². The highest BCUT2D eigenvalue weighted by Gasteiger charge is 2.23. The van der Waals surface area contributed by atoms with Crippen molar-refractivity contribution in [1.82, 2.24) is 0 Å². The summed E-state index contributed by atoms with van der Waals surface area (Å²) in [6.45, 7) is 6.07. The molecule has 2 aromatic rings. The number of halogens is 1. The number of benzene rings is 2. The van der Waals surface area contributed by atoms with E-state index in [1.807, 2.05) is 12.1 Å². The third kappa shape index (κ3) is 4.40. The highest BCUT2D eigenvalue weighted by atomic mass is 19.1. The van der Waals surface area contributed by atoms with Crippen molar-refractivity contribution in [2.24, 2.45) is 0 Å². The third-order valence-corrected chi connectivity index (χ3v) is 3.76. The highest BCUT2D eigenvalue weighted by Crippen LogP contribution is 2.22. The standard InChI is InChI=1S/C19H23FO/c1-14(2)16-10-8-15(9-11-16)12-19(3,21)13-17-6-4-5-7-18(17)20/h4-11,14,21H,12-13H2,1-3H3. The summed E-state index contributed by atoms with van der Waals surface area (Å²) in [4.78, 5) is 0. The lowest BCUT2D eigenvalue weighted by atomic mass is 9.89. The first-order chi connectivity index (χ1) is 9.87. The Morgan fingerprint density at radius 1 is 1.00 bits per heavy atom. The van der Waals surface area contributed by atoms with Gasteiger partial charge in [-0.2, -0.15) is 0 Å². The first-order valence-corrected chi connectivity index (χ1v) is 7.42. The van der Waals surface area contributed by atoms with Gasteiger partial charge in [0.25, 0.3) is 0 Å². The summed E-state index contributed by atoms with van der Waals surface area (Å²) in [6.07, 6.45) is 0.825. The Kier molecular flexibility index (Phi) is 4.79. The molecule has 0 aliphatic heterocycles. The van der Waals surface area contributed by atoms with Crippen LogP contribution < -0.4 is 0 Å². The van der Waals surface area contributed by atoms with Gasteiger partial charge in [-0.15, -0.1) is 0 Å². The monoisotopic (exact) mass is 286 g/mol. The van der Waals surface area contributed by atoms with Gasteiger partial charge in [0.2, 0.25) is 0 Å². The van der Waals surface area contributed by atoms with Crippen molar-refractivity contribution in [3.8, 4) is 0 Å². The van der Waals surface area contributed by atoms with Gasteiger partial charge in [-0.25, -0.2) is 4.39 Å². The Labute approximate surface area is 126 Å². The molecule has 0 fully saturated rings. The summed E-state index contributed by atoms with van der Waals surface area (Å²) in [5.41, 5.74) is 1.95. The van der Waals surface area contributed by atoms with Crippen molar-refractivity contribution in [2.45, 2.75) is 45.1 Å². The van der Waals surface area contributed by atoms with E-state index in [1.165, 1.54) is 11.6 Å². The van der Waals surface area contributed by atoms with E-state index in [-0.39, 0.29) is 5.82 Å². The average molecular weight is 286 g/mol. The molecule has 0 aliphatic carbocycles. The highest BCUT2D eigenvalue weighted by molar-refractivity contribution is 5.27. The molecule has 1 unspecified atom stereocenters. The Hall–Kier alpha value is -1.67. The molecule has 0 amide bonds. The Morgan fingerprint density at radius 2 is 1.62 bits per heavy atom. The van der Waals surface area contributed by atoms with Gasteiger partial charge < -0.3 is 5.11 Å². The second-order valence-corrected chi connectivity index (χ2v) is 6.34. The molecule has 0 radical (unpaired) electrons. The second kappa shape index (κ2) is 6.40. The van der Waals surface area contributed by atoms with E-state index < -0.39 is 5.60 Å². The fourth-order valence-electron chi connectivity index (χ4n) is 2.57. The molecule has 1 atom stereocenters. The molecule has 2 rings (SSSR count). The minimum absolute atomic E-state index is 0.257. The largest absolute Gasteiger partial charge is 0.389 e. The third-order valence-electron chi connectivity index (χ3n) is 3.76. The maximum absolute atomic E-state index is 13.7. The van der Waals surface area contributed by atoms with Crippen molar-refractivity contribution in [3.63, 3.8) is 0 Å². The zero-order valence-corrected chi connectivity index (χ0v) is 12.9. The number of rotatable bonds is 5. The number of hydrogen-bond acceptors (Lipinski definition) is 1. The first-order valence-electron chi connectivity index (χ1n) is 7.42. The fraction of sp³-hybridized carbons (Fsp3) is 0.368. The van der Waals surface area contributed by atoms with Crippen molar-refractivity contribution in [2.75, 3.05) is 0 Å². The van der Waals surface area contributed by atoms with Gasteiger partial charge in [-0.3, -0.25) is 0 Å². The van der Waals surface area contributed by atoms with Gasteiger partial charge >= 0.3 is 0 Å². The van der Waals surface area contributed by atoms with Crippen LogP contribution in [0.15, 0.2) is 48.5 Å². The first kappa shape index (κ1) is 15.7. The fourth-order valence-corrected chi connectivity index (χ4v) is 2.57. The molecule has 2 heteroatoms. The molecular weight excluding hydrogens is 263 g/mol. The molecule has 21 heavy (non-hydrogen) atoms. The smallest absolute Gasteiger partial charge is 0.126 e. The summed E-state index contributed by atoms with van der Waals surface area (Å²) in [5.74, 6) is 0.242. The van der Waals surface area contributed by atoms with E-state index in [0.717, 1.165) is 5.56 Å². The van der Waals surface area contributed by atoms with Crippen LogP contribution in [0.5, 0.6) is 0 Å². The van der Waals surface area contributed by atoms with E-state index in [4.69, 9.17) is 0 Å². The van der Waals surface area contributed by atoms with Crippen LogP contribution in [0.4, 0.5) is 4.39 Å². The maximum Gasteiger partial charge on any atom is 0.126 e. The quantitative estimate of drug-likeness (QED) is 0.859. The lowest BCUT2D eigenvalue weighted by Crippen LogP contribution is -2.30. The molecule has 0 aromatic heterocycles. The van der Waals surface area contributed by atoms with Crippen LogP contribution in [-0.4, -0.2) is 10.7 Å². The summed E-state index contributed by atoms with van der Waals surface area (Å²) >= 11 is 0. The van der Waals surface area contributed by atoms with Gasteiger partial charge in [-0.1, -0.05) is 56.3 Å². The number of hydrogen-bond donors (Lipinski definition) is 1. The van der Waals surface area contributed by atoms with Crippen molar-refractivity contribution < 1.29 is 9.50 Å². The molecular formula is C19H23FO. The number of aliphatic hydroxyl groups is 1.